The molecular formula is C37H44ClN3O7S. The van der Waals surface area contributed by atoms with E-state index < -0.39 is 15.1 Å². The first-order valence-corrected chi connectivity index (χ1v) is 19.2. The van der Waals surface area contributed by atoms with E-state index >= 15 is 0 Å². The predicted octanol–water partition coefficient (Wildman–Crippen LogP) is 5.84. The van der Waals surface area contributed by atoms with Crippen LogP contribution in [0.5, 0.6) is 5.75 Å². The number of nitrogens with zero attached hydrogens (tertiary/aromatic N) is 3. The summed E-state index contributed by atoms with van der Waals surface area (Å²) >= 11 is 6.44. The lowest BCUT2D eigenvalue weighted by Gasteiger charge is -2.47. The number of esters is 1. The number of carbonyl (C=O) groups excluding carboxylic acids is 1. The molecule has 2 aromatic carbocycles. The molecule has 1 saturated carbocycles. The largest absolute Gasteiger partial charge is 0.490 e. The van der Waals surface area contributed by atoms with Gasteiger partial charge in [-0.1, -0.05) is 17.7 Å². The third-order valence-corrected chi connectivity index (χ3v) is 13.2. The molecule has 6 atom stereocenters. The van der Waals surface area contributed by atoms with Crippen molar-refractivity contribution in [3.8, 4) is 5.75 Å². The van der Waals surface area contributed by atoms with Gasteiger partial charge in [-0.05, 0) is 105 Å². The third kappa shape index (κ3) is 6.92. The van der Waals surface area contributed by atoms with Crippen LogP contribution in [0.2, 0.25) is 5.02 Å². The van der Waals surface area contributed by atoms with Gasteiger partial charge in [0.1, 0.15) is 5.75 Å². The summed E-state index contributed by atoms with van der Waals surface area (Å²) in [6, 6.07) is 13.4. The van der Waals surface area contributed by atoms with Crippen LogP contribution in [-0.4, -0.2) is 81.8 Å². The number of methoxy groups -OCH3 is 1. The molecule has 12 heteroatoms. The number of aromatic nitrogens is 2. The Balaban J connectivity index is 1.08. The van der Waals surface area contributed by atoms with E-state index in [0.717, 1.165) is 74.5 Å². The SMILES string of the molecule is COC(=O)c1ccc2c(c1)N(C[C@@H]1CC[C@H]1[C@H]1C[C@H](OC[C@H](C)S(=O)(=O)c3ncccn3)CCO1)C[C@@]1(CCCc3cc(Cl)ccc31)CO2. The van der Waals surface area contributed by atoms with Crippen LogP contribution in [0, 0.1) is 11.8 Å². The van der Waals surface area contributed by atoms with Crippen LogP contribution in [0.3, 0.4) is 0 Å². The topological polar surface area (TPSA) is 117 Å². The molecule has 7 rings (SSSR count). The van der Waals surface area contributed by atoms with Gasteiger partial charge in [0.05, 0.1) is 49.0 Å². The molecule has 0 N–H and O–H groups in total. The second kappa shape index (κ2) is 14.2. The van der Waals surface area contributed by atoms with Crippen molar-refractivity contribution in [1.29, 1.82) is 0 Å². The summed E-state index contributed by atoms with van der Waals surface area (Å²) in [4.78, 5) is 22.9. The van der Waals surface area contributed by atoms with Gasteiger partial charge in [0.2, 0.25) is 15.0 Å². The minimum atomic E-state index is -3.69. The maximum Gasteiger partial charge on any atom is 0.337 e. The first-order valence-electron chi connectivity index (χ1n) is 17.3. The number of fused-ring (bicyclic) bond motifs is 3. The Hall–Kier alpha value is -3.25. The normalized spacial score (nSPS) is 27.2. The van der Waals surface area contributed by atoms with Crippen LogP contribution < -0.4 is 9.64 Å². The molecule has 2 aliphatic carbocycles. The number of carbonyl (C=O) groups is 1. The van der Waals surface area contributed by atoms with E-state index in [2.05, 4.69) is 27.0 Å². The number of hydrogen-bond acceptors (Lipinski definition) is 10. The van der Waals surface area contributed by atoms with Crippen molar-refractivity contribution in [3.63, 3.8) is 0 Å². The maximum atomic E-state index is 13.0. The highest BCUT2D eigenvalue weighted by Crippen LogP contribution is 2.47. The van der Waals surface area contributed by atoms with Gasteiger partial charge in [0.25, 0.3) is 0 Å². The summed E-state index contributed by atoms with van der Waals surface area (Å²) in [7, 11) is -2.29. The van der Waals surface area contributed by atoms with Crippen molar-refractivity contribution in [3.05, 3.63) is 76.6 Å². The first kappa shape index (κ1) is 34.2. The van der Waals surface area contributed by atoms with E-state index in [4.69, 9.17) is 30.5 Å². The lowest BCUT2D eigenvalue weighted by molar-refractivity contribution is -0.116. The first-order chi connectivity index (χ1) is 23.7. The standard InChI is InChI=1S/C37H44ClN3O7S/c1-24(49(43,44)36-39-14-4-15-40-36)21-47-29-12-16-46-34(19-29)30-9-6-27(30)20-41-22-37(13-3-5-25-17-28(38)8-10-31(25)37)23-48-33-11-7-26(18-32(33)41)35(42)45-2/h4,7-8,10-11,14-15,17-18,24,27,29-30,34H,3,5-6,9,12-13,16,19-23H2,1-2H3/t24-,27-,29+,30+,34+,37-/m0/s1. The minimum Gasteiger partial charge on any atom is -0.490 e. The highest BCUT2D eigenvalue weighted by Gasteiger charge is 2.45. The Labute approximate surface area is 293 Å². The van der Waals surface area contributed by atoms with Crippen molar-refractivity contribution >= 4 is 33.1 Å². The molecule has 49 heavy (non-hydrogen) atoms. The van der Waals surface area contributed by atoms with Crippen molar-refractivity contribution in [2.24, 2.45) is 11.8 Å². The fraction of sp³-hybridized carbons (Fsp3) is 0.541. The summed E-state index contributed by atoms with van der Waals surface area (Å²) in [5.74, 6) is 1.11. The van der Waals surface area contributed by atoms with E-state index in [0.29, 0.717) is 30.6 Å². The molecule has 4 aliphatic rings. The fourth-order valence-electron chi connectivity index (χ4n) is 8.17. The van der Waals surface area contributed by atoms with Gasteiger partial charge in [-0.2, -0.15) is 0 Å². The average Bonchev–Trinajstić information content (AvgIpc) is 3.25. The number of aryl methyl sites for hydroxylation is 1. The summed E-state index contributed by atoms with van der Waals surface area (Å²) in [6.45, 7) is 4.41. The molecule has 0 radical (unpaired) electrons. The molecule has 1 spiro atoms. The number of halogens is 1. The number of benzene rings is 2. The van der Waals surface area contributed by atoms with Gasteiger partial charge in [-0.15, -0.1) is 0 Å². The molecule has 1 saturated heterocycles. The molecule has 0 unspecified atom stereocenters. The molecule has 1 aromatic heterocycles. The van der Waals surface area contributed by atoms with Gasteiger partial charge in [-0.3, -0.25) is 0 Å². The molecule has 0 amide bonds. The predicted molar refractivity (Wildman–Crippen MR) is 185 cm³/mol. The number of sulfone groups is 1. The van der Waals surface area contributed by atoms with Crippen LogP contribution in [0.25, 0.3) is 0 Å². The summed E-state index contributed by atoms with van der Waals surface area (Å²) in [5, 5.41) is -0.183. The second-order valence-electron chi connectivity index (χ2n) is 14.1. The van der Waals surface area contributed by atoms with E-state index in [1.54, 1.807) is 19.1 Å². The Morgan fingerprint density at radius 2 is 1.98 bits per heavy atom. The summed E-state index contributed by atoms with van der Waals surface area (Å²) < 4.78 is 50.2. The lowest BCUT2D eigenvalue weighted by atomic mass is 9.67. The lowest BCUT2D eigenvalue weighted by Crippen LogP contribution is -2.51. The van der Waals surface area contributed by atoms with Crippen LogP contribution in [0.4, 0.5) is 5.69 Å². The van der Waals surface area contributed by atoms with Crippen molar-refractivity contribution < 1.29 is 32.2 Å². The van der Waals surface area contributed by atoms with Crippen LogP contribution in [0.15, 0.2) is 60.0 Å². The molecule has 0 bridgehead atoms. The van der Waals surface area contributed by atoms with Gasteiger partial charge < -0.3 is 23.8 Å². The minimum absolute atomic E-state index is 0.0254. The zero-order valence-electron chi connectivity index (χ0n) is 28.1. The second-order valence-corrected chi connectivity index (χ2v) is 16.8. The van der Waals surface area contributed by atoms with Crippen LogP contribution >= 0.6 is 11.6 Å². The van der Waals surface area contributed by atoms with E-state index in [1.165, 1.54) is 30.6 Å². The molecule has 2 fully saturated rings. The molecule has 3 heterocycles. The quantitative estimate of drug-likeness (QED) is 0.198. The smallest absolute Gasteiger partial charge is 0.337 e. The van der Waals surface area contributed by atoms with Gasteiger partial charge in [0.15, 0.2) is 0 Å². The molecule has 10 nitrogen and oxygen atoms in total. The highest BCUT2D eigenvalue weighted by molar-refractivity contribution is 7.91. The number of anilines is 1. The van der Waals surface area contributed by atoms with Crippen LogP contribution in [0.1, 0.15) is 66.9 Å². The zero-order chi connectivity index (χ0) is 34.2. The monoisotopic (exact) mass is 709 g/mol. The third-order valence-electron chi connectivity index (χ3n) is 11.0. The molecule has 3 aromatic rings. The molecule has 2 aliphatic heterocycles. The van der Waals surface area contributed by atoms with E-state index in [9.17, 15) is 13.2 Å². The molecular weight excluding hydrogens is 666 g/mol. The van der Waals surface area contributed by atoms with Gasteiger partial charge >= 0.3 is 5.97 Å². The van der Waals surface area contributed by atoms with E-state index in [-0.39, 0.29) is 35.4 Å². The summed E-state index contributed by atoms with van der Waals surface area (Å²) in [5.41, 5.74) is 3.77. The van der Waals surface area contributed by atoms with Crippen LogP contribution in [-0.2, 0) is 35.9 Å². The number of hydrogen-bond donors (Lipinski definition) is 0. The maximum absolute atomic E-state index is 13.0. The Kier molecular flexibility index (Phi) is 9.89. The highest BCUT2D eigenvalue weighted by atomic mass is 35.5. The van der Waals surface area contributed by atoms with Crippen molar-refractivity contribution in [2.75, 3.05) is 44.9 Å². The van der Waals surface area contributed by atoms with Gasteiger partial charge in [0, 0.05) is 48.9 Å². The van der Waals surface area contributed by atoms with Crippen molar-refractivity contribution in [2.45, 2.75) is 79.9 Å². The van der Waals surface area contributed by atoms with E-state index in [1.807, 2.05) is 18.2 Å². The molecule has 262 valence electrons. The fourth-order valence-corrected chi connectivity index (χ4v) is 9.40. The van der Waals surface area contributed by atoms with Gasteiger partial charge in [-0.25, -0.2) is 23.2 Å². The number of ether oxygens (including phenoxy) is 4. The Bertz CT molecular complexity index is 1780. The Morgan fingerprint density at radius 3 is 2.76 bits per heavy atom. The average molecular weight is 710 g/mol. The van der Waals surface area contributed by atoms with Crippen molar-refractivity contribution in [1.82, 2.24) is 9.97 Å². The summed E-state index contributed by atoms with van der Waals surface area (Å²) in [6.07, 6.45) is 9.44. The zero-order valence-corrected chi connectivity index (χ0v) is 29.6. The number of rotatable bonds is 9. The Morgan fingerprint density at radius 1 is 1.14 bits per heavy atom.